The van der Waals surface area contributed by atoms with Gasteiger partial charge in [0.2, 0.25) is 5.78 Å². The first kappa shape index (κ1) is 20.5. The van der Waals surface area contributed by atoms with Gasteiger partial charge in [-0.25, -0.2) is 8.42 Å². The number of fused-ring (bicyclic) bond motifs is 1. The van der Waals surface area contributed by atoms with Crippen LogP contribution in [0.25, 0.3) is 0 Å². The molecule has 0 spiro atoms. The second kappa shape index (κ2) is 8.14. The first-order valence-corrected chi connectivity index (χ1v) is 11.2. The zero-order chi connectivity index (χ0) is 21.3. The third kappa shape index (κ3) is 3.69. The van der Waals surface area contributed by atoms with Crippen molar-refractivity contribution in [2.75, 3.05) is 9.62 Å². The van der Waals surface area contributed by atoms with Gasteiger partial charge >= 0.3 is 0 Å². The number of halogens is 2. The fourth-order valence-corrected chi connectivity index (χ4v) is 5.25. The van der Waals surface area contributed by atoms with Crippen LogP contribution in [0, 0.1) is 0 Å². The van der Waals surface area contributed by atoms with Crippen molar-refractivity contribution in [3.8, 4) is 0 Å². The van der Waals surface area contributed by atoms with Gasteiger partial charge in [-0.15, -0.1) is 0 Å². The van der Waals surface area contributed by atoms with Crippen molar-refractivity contribution in [1.82, 2.24) is 0 Å². The summed E-state index contributed by atoms with van der Waals surface area (Å²) in [6.45, 7) is 0.0949. The first-order chi connectivity index (χ1) is 14.4. The molecule has 1 heterocycles. The number of anilines is 2. The number of hydrogen-bond donors (Lipinski definition) is 1. The molecule has 152 valence electrons. The van der Waals surface area contributed by atoms with Crippen LogP contribution in [0.1, 0.15) is 15.9 Å². The number of hydrogen-bond acceptors (Lipinski definition) is 4. The number of Topliss-reactive ketones (excluding diaryl/α,β-unsaturated/α-hetero) is 1. The van der Waals surface area contributed by atoms with Crippen molar-refractivity contribution < 1.29 is 13.2 Å². The number of carbonyl (C=O) groups excluding carboxylic acids is 1. The van der Waals surface area contributed by atoms with E-state index in [4.69, 9.17) is 23.2 Å². The molecular weight excluding hydrogens is 443 g/mol. The normalized spacial score (nSPS) is 16.4. The maximum absolute atomic E-state index is 13.4. The van der Waals surface area contributed by atoms with Crippen molar-refractivity contribution in [3.05, 3.63) is 105 Å². The molecule has 1 N–H and O–H groups in total. The zero-order valence-electron chi connectivity index (χ0n) is 15.5. The number of nitrogens with zero attached hydrogens (tertiary/aromatic N) is 1. The fourth-order valence-electron chi connectivity index (χ4n) is 3.21. The Morgan fingerprint density at radius 2 is 1.50 bits per heavy atom. The lowest BCUT2D eigenvalue weighted by molar-refractivity contribution is 0.104. The summed E-state index contributed by atoms with van der Waals surface area (Å²) in [7, 11) is -4.12. The summed E-state index contributed by atoms with van der Waals surface area (Å²) in [5, 5.41) is 3.41. The zero-order valence-corrected chi connectivity index (χ0v) is 17.9. The average Bonchev–Trinajstić information content (AvgIpc) is 2.73. The monoisotopic (exact) mass is 458 g/mol. The molecule has 0 bridgehead atoms. The van der Waals surface area contributed by atoms with E-state index in [-0.39, 0.29) is 11.4 Å². The van der Waals surface area contributed by atoms with Crippen LogP contribution in [0.15, 0.2) is 83.9 Å². The van der Waals surface area contributed by atoms with Crippen LogP contribution in [-0.4, -0.2) is 14.2 Å². The van der Waals surface area contributed by atoms with Crippen molar-refractivity contribution in [3.63, 3.8) is 0 Å². The van der Waals surface area contributed by atoms with E-state index in [0.717, 1.165) is 11.8 Å². The molecule has 30 heavy (non-hydrogen) atoms. The number of ketones is 1. The summed E-state index contributed by atoms with van der Waals surface area (Å²) in [4.78, 5) is 12.7. The highest BCUT2D eigenvalue weighted by Gasteiger charge is 2.40. The molecule has 1 aliphatic heterocycles. The molecule has 3 aromatic rings. The molecule has 0 amide bonds. The Hall–Kier alpha value is -2.80. The van der Waals surface area contributed by atoms with Crippen LogP contribution in [0.5, 0.6) is 0 Å². The number of benzene rings is 3. The third-order valence-electron chi connectivity index (χ3n) is 4.69. The Kier molecular flexibility index (Phi) is 5.56. The first-order valence-electron chi connectivity index (χ1n) is 9.00. The van der Waals surface area contributed by atoms with Gasteiger partial charge in [0, 0.05) is 11.8 Å². The summed E-state index contributed by atoms with van der Waals surface area (Å²) >= 11 is 12.3. The Bertz CT molecular complexity index is 1240. The summed E-state index contributed by atoms with van der Waals surface area (Å²) < 4.78 is 28.1. The highest BCUT2D eigenvalue weighted by atomic mass is 35.5. The van der Waals surface area contributed by atoms with Crippen molar-refractivity contribution in [2.45, 2.75) is 6.54 Å². The van der Waals surface area contributed by atoms with Gasteiger partial charge in [-0.2, -0.15) is 0 Å². The largest absolute Gasteiger partial charge is 0.358 e. The van der Waals surface area contributed by atoms with Crippen molar-refractivity contribution in [2.24, 2.45) is 0 Å². The molecular formula is C22H16Cl2N2O3S. The highest BCUT2D eigenvalue weighted by molar-refractivity contribution is 7.97. The molecule has 3 aromatic carbocycles. The van der Waals surface area contributed by atoms with Gasteiger partial charge in [0.1, 0.15) is 0 Å². The second-order valence-corrected chi connectivity index (χ2v) is 9.24. The van der Waals surface area contributed by atoms with E-state index in [1.165, 1.54) is 4.31 Å². The standard InChI is InChI=1S/C22H16Cl2N2O3S/c23-17-10-6-11-18(24)21(17)25-13-20-22(27)16-9-4-5-12-19(16)26(30(20,28)29)14-15-7-2-1-3-8-15/h1-13,25H,14H2/b20-13-. The Morgan fingerprint density at radius 3 is 2.20 bits per heavy atom. The molecule has 0 saturated heterocycles. The Balaban J connectivity index is 1.81. The lowest BCUT2D eigenvalue weighted by atomic mass is 10.1. The topological polar surface area (TPSA) is 66.5 Å². The van der Waals surface area contributed by atoms with Gasteiger partial charge in [-0.05, 0) is 29.8 Å². The van der Waals surface area contributed by atoms with E-state index in [9.17, 15) is 13.2 Å². The van der Waals surface area contributed by atoms with Crippen LogP contribution < -0.4 is 9.62 Å². The molecule has 8 heteroatoms. The second-order valence-electron chi connectivity index (χ2n) is 6.59. The van der Waals surface area contributed by atoms with Crippen LogP contribution in [0.4, 0.5) is 11.4 Å². The summed E-state index contributed by atoms with van der Waals surface area (Å²) in [5.74, 6) is -0.592. The minimum atomic E-state index is -4.12. The minimum Gasteiger partial charge on any atom is -0.358 e. The number of para-hydroxylation sites is 2. The summed E-state index contributed by atoms with van der Waals surface area (Å²) in [5.41, 5.74) is 1.78. The van der Waals surface area contributed by atoms with Gasteiger partial charge in [-0.3, -0.25) is 9.10 Å². The van der Waals surface area contributed by atoms with Crippen LogP contribution in [0.2, 0.25) is 10.0 Å². The van der Waals surface area contributed by atoms with Crippen LogP contribution >= 0.6 is 23.2 Å². The van der Waals surface area contributed by atoms with Gasteiger partial charge in [0.05, 0.1) is 28.0 Å². The number of rotatable bonds is 4. The fraction of sp³-hybridized carbons (Fsp3) is 0.0455. The average molecular weight is 459 g/mol. The summed E-state index contributed by atoms with van der Waals surface area (Å²) in [6, 6.07) is 20.7. The van der Waals surface area contributed by atoms with E-state index in [1.54, 1.807) is 42.5 Å². The number of carbonyl (C=O) groups is 1. The van der Waals surface area contributed by atoms with Gasteiger partial charge < -0.3 is 5.32 Å². The Labute approximate surface area is 184 Å². The molecule has 0 fully saturated rings. The molecule has 0 aromatic heterocycles. The van der Waals surface area contributed by atoms with E-state index < -0.39 is 15.8 Å². The molecule has 5 nitrogen and oxygen atoms in total. The maximum Gasteiger partial charge on any atom is 0.270 e. The molecule has 0 unspecified atom stereocenters. The van der Waals surface area contributed by atoms with Crippen molar-refractivity contribution in [1.29, 1.82) is 0 Å². The molecule has 1 aliphatic rings. The third-order valence-corrected chi connectivity index (χ3v) is 7.08. The van der Waals surface area contributed by atoms with E-state index in [0.29, 0.717) is 27.0 Å². The van der Waals surface area contributed by atoms with E-state index >= 15 is 0 Å². The maximum atomic E-state index is 13.4. The molecule has 0 aliphatic carbocycles. The minimum absolute atomic E-state index is 0.0949. The molecule has 0 saturated carbocycles. The lowest BCUT2D eigenvalue weighted by Crippen LogP contribution is -2.39. The predicted molar refractivity (Wildman–Crippen MR) is 120 cm³/mol. The number of nitrogens with one attached hydrogen (secondary N) is 1. The number of allylic oxidation sites excluding steroid dienone is 1. The SMILES string of the molecule is O=C1/C(=C/Nc2c(Cl)cccc2Cl)S(=O)(=O)N(Cc2ccccc2)c2ccccc21. The van der Waals surface area contributed by atoms with Crippen LogP contribution in [-0.2, 0) is 16.6 Å². The lowest BCUT2D eigenvalue weighted by Gasteiger charge is -2.31. The predicted octanol–water partition coefficient (Wildman–Crippen LogP) is 5.48. The van der Waals surface area contributed by atoms with E-state index in [2.05, 4.69) is 5.32 Å². The van der Waals surface area contributed by atoms with Gasteiger partial charge in [0.15, 0.2) is 4.91 Å². The molecule has 0 atom stereocenters. The summed E-state index contributed by atoms with van der Waals surface area (Å²) in [6.07, 6.45) is 1.15. The van der Waals surface area contributed by atoms with E-state index in [1.807, 2.05) is 30.3 Å². The smallest absolute Gasteiger partial charge is 0.270 e. The van der Waals surface area contributed by atoms with Gasteiger partial charge in [-0.1, -0.05) is 71.7 Å². The Morgan fingerprint density at radius 1 is 0.867 bits per heavy atom. The van der Waals surface area contributed by atoms with Crippen LogP contribution in [0.3, 0.4) is 0 Å². The highest BCUT2D eigenvalue weighted by Crippen LogP contribution is 2.37. The quantitative estimate of drug-likeness (QED) is 0.525. The number of sulfonamides is 1. The molecule has 4 rings (SSSR count). The van der Waals surface area contributed by atoms with Crippen molar-refractivity contribution >= 4 is 50.4 Å². The van der Waals surface area contributed by atoms with Gasteiger partial charge in [0.25, 0.3) is 10.0 Å². The molecule has 0 radical (unpaired) electrons.